The van der Waals surface area contributed by atoms with Crippen LogP contribution in [0, 0.1) is 0 Å². The highest BCUT2D eigenvalue weighted by Crippen LogP contribution is 2.44. The number of hydrogen-bond acceptors (Lipinski definition) is 9. The lowest BCUT2D eigenvalue weighted by Crippen LogP contribution is -2.43. The number of aliphatic imine (C=N–C) groups is 2. The van der Waals surface area contributed by atoms with Crippen molar-refractivity contribution in [3.05, 3.63) is 47.3 Å². The highest BCUT2D eigenvalue weighted by atomic mass is 16.5. The van der Waals surface area contributed by atoms with Crippen LogP contribution in [0.15, 0.2) is 40.4 Å². The fourth-order valence-corrected chi connectivity index (χ4v) is 4.67. The van der Waals surface area contributed by atoms with Gasteiger partial charge < -0.3 is 25.2 Å². The Bertz CT molecular complexity index is 1180. The summed E-state index contributed by atoms with van der Waals surface area (Å²) in [5.74, 6) is 1.51. The minimum atomic E-state index is -0.684. The molecule has 10 nitrogen and oxygen atoms in total. The van der Waals surface area contributed by atoms with Gasteiger partial charge in [-0.3, -0.25) is 19.7 Å². The Morgan fingerprint density at radius 1 is 1.19 bits per heavy atom. The molecular formula is C26H34N6O4. The highest BCUT2D eigenvalue weighted by molar-refractivity contribution is 6.22. The number of benzene rings is 1. The molecule has 2 aliphatic heterocycles. The normalized spacial score (nSPS) is 15.5. The number of aliphatic hydroxyl groups is 1. The van der Waals surface area contributed by atoms with Crippen LogP contribution in [0.1, 0.15) is 49.3 Å². The molecule has 0 radical (unpaired) electrons. The van der Waals surface area contributed by atoms with Gasteiger partial charge in [0.05, 0.1) is 19.2 Å². The Morgan fingerprint density at radius 2 is 1.94 bits per heavy atom. The summed E-state index contributed by atoms with van der Waals surface area (Å²) in [5.41, 5.74) is 7.61. The molecule has 3 heterocycles. The molecule has 192 valence electrons. The number of ether oxygens (including phenoxy) is 2. The minimum absolute atomic E-state index is 0.0980. The molecule has 3 N–H and O–H groups in total. The third-order valence-corrected chi connectivity index (χ3v) is 6.32. The number of primary amides is 1. The maximum absolute atomic E-state index is 12.1. The van der Waals surface area contributed by atoms with Crippen LogP contribution in [-0.2, 0) is 0 Å². The van der Waals surface area contributed by atoms with Crippen molar-refractivity contribution in [2.24, 2.45) is 15.7 Å². The van der Waals surface area contributed by atoms with Gasteiger partial charge >= 0.3 is 0 Å². The lowest BCUT2D eigenvalue weighted by molar-refractivity contribution is 0.0439. The second-order valence-electron chi connectivity index (χ2n) is 9.40. The minimum Gasteiger partial charge on any atom is -0.491 e. The van der Waals surface area contributed by atoms with Crippen molar-refractivity contribution >= 4 is 23.3 Å². The summed E-state index contributed by atoms with van der Waals surface area (Å²) in [5, 5.41) is 10.7. The van der Waals surface area contributed by atoms with E-state index in [1.54, 1.807) is 25.4 Å². The van der Waals surface area contributed by atoms with Crippen LogP contribution in [-0.4, -0.2) is 89.0 Å². The van der Waals surface area contributed by atoms with E-state index in [4.69, 9.17) is 20.2 Å². The van der Waals surface area contributed by atoms with Gasteiger partial charge in [-0.05, 0) is 52.0 Å². The van der Waals surface area contributed by atoms with Crippen molar-refractivity contribution in [1.29, 1.82) is 0 Å². The first-order valence-corrected chi connectivity index (χ1v) is 12.2. The number of amides is 1. The van der Waals surface area contributed by atoms with Crippen molar-refractivity contribution < 1.29 is 19.4 Å². The maximum Gasteiger partial charge on any atom is 0.251 e. The zero-order chi connectivity index (χ0) is 26.0. The molecule has 1 aromatic heterocycles. The predicted octanol–water partition coefficient (Wildman–Crippen LogP) is 2.20. The van der Waals surface area contributed by atoms with E-state index in [1.807, 2.05) is 17.0 Å². The SMILES string of the molecule is COc1c(OC[C@H](O)CN(C(C)C)C(C)C)ccc2c1N=C(c1ncccc1C(N)=O)N1CCN=C21. The van der Waals surface area contributed by atoms with E-state index in [-0.39, 0.29) is 12.2 Å². The molecule has 0 unspecified atom stereocenters. The summed E-state index contributed by atoms with van der Waals surface area (Å²) in [6.07, 6.45) is 0.915. The molecule has 10 heteroatoms. The van der Waals surface area contributed by atoms with Crippen LogP contribution < -0.4 is 15.2 Å². The van der Waals surface area contributed by atoms with Crippen molar-refractivity contribution in [2.75, 3.05) is 33.4 Å². The number of rotatable bonds is 10. The topological polar surface area (TPSA) is 126 Å². The van der Waals surface area contributed by atoms with E-state index in [2.05, 4.69) is 42.6 Å². The molecule has 0 saturated carbocycles. The third-order valence-electron chi connectivity index (χ3n) is 6.32. The van der Waals surface area contributed by atoms with Crippen LogP contribution >= 0.6 is 0 Å². The summed E-state index contributed by atoms with van der Waals surface area (Å²) >= 11 is 0. The molecule has 1 aromatic carbocycles. The van der Waals surface area contributed by atoms with Crippen LogP contribution in [0.4, 0.5) is 5.69 Å². The first kappa shape index (κ1) is 25.6. The number of nitrogens with two attached hydrogens (primary N) is 1. The second-order valence-corrected chi connectivity index (χ2v) is 9.40. The zero-order valence-corrected chi connectivity index (χ0v) is 21.4. The Labute approximate surface area is 211 Å². The molecule has 36 heavy (non-hydrogen) atoms. The summed E-state index contributed by atoms with van der Waals surface area (Å²) in [7, 11) is 1.55. The van der Waals surface area contributed by atoms with E-state index in [9.17, 15) is 9.90 Å². The van der Waals surface area contributed by atoms with E-state index in [0.717, 1.165) is 11.4 Å². The number of hydrogen-bond donors (Lipinski definition) is 2. The lowest BCUT2D eigenvalue weighted by atomic mass is 10.0. The summed E-state index contributed by atoms with van der Waals surface area (Å²) < 4.78 is 11.8. The number of amidine groups is 2. The molecule has 0 saturated heterocycles. The zero-order valence-electron chi connectivity index (χ0n) is 21.4. The first-order valence-electron chi connectivity index (χ1n) is 12.2. The van der Waals surface area contributed by atoms with Gasteiger partial charge in [0.15, 0.2) is 17.3 Å². The number of pyridine rings is 1. The van der Waals surface area contributed by atoms with Gasteiger partial charge in [0.1, 0.15) is 29.9 Å². The lowest BCUT2D eigenvalue weighted by Gasteiger charge is -2.32. The fourth-order valence-electron chi connectivity index (χ4n) is 4.67. The molecule has 0 aliphatic carbocycles. The smallest absolute Gasteiger partial charge is 0.251 e. The monoisotopic (exact) mass is 494 g/mol. The number of aromatic nitrogens is 1. The number of carbonyl (C=O) groups is 1. The Balaban J connectivity index is 1.68. The standard InChI is InChI=1S/C26H34N6O4/c1-15(2)32(16(3)4)13-17(33)14-36-20-9-8-19-21(23(20)35-5)30-26(31-12-11-29-25(19)31)22-18(24(27)34)7-6-10-28-22/h6-10,15-17,33H,11-14H2,1-5H3,(H2,27,34)/t17-/m1/s1. The van der Waals surface area contributed by atoms with Crippen molar-refractivity contribution in [2.45, 2.75) is 45.9 Å². The maximum atomic E-state index is 12.1. The molecular weight excluding hydrogens is 460 g/mol. The fraction of sp³-hybridized carbons (Fsp3) is 0.462. The van der Waals surface area contributed by atoms with Crippen LogP contribution in [0.5, 0.6) is 11.5 Å². The predicted molar refractivity (Wildman–Crippen MR) is 139 cm³/mol. The van der Waals surface area contributed by atoms with Gasteiger partial charge in [-0.25, -0.2) is 4.99 Å². The van der Waals surface area contributed by atoms with Crippen LogP contribution in [0.25, 0.3) is 0 Å². The van der Waals surface area contributed by atoms with E-state index in [0.29, 0.717) is 60.4 Å². The van der Waals surface area contributed by atoms with Gasteiger partial charge in [-0.15, -0.1) is 0 Å². The third kappa shape index (κ3) is 4.91. The molecule has 1 amide bonds. The summed E-state index contributed by atoms with van der Waals surface area (Å²) in [4.78, 5) is 30.2. The molecule has 0 spiro atoms. The summed E-state index contributed by atoms with van der Waals surface area (Å²) in [6, 6.07) is 7.60. The van der Waals surface area contributed by atoms with Crippen molar-refractivity contribution in [3.8, 4) is 11.5 Å². The number of nitrogens with zero attached hydrogens (tertiary/aromatic N) is 5. The largest absolute Gasteiger partial charge is 0.491 e. The average Bonchev–Trinajstić information content (AvgIpc) is 3.34. The number of methoxy groups -OCH3 is 1. The van der Waals surface area contributed by atoms with Gasteiger partial charge in [0.25, 0.3) is 5.91 Å². The van der Waals surface area contributed by atoms with Gasteiger partial charge in [-0.2, -0.15) is 0 Å². The molecule has 2 aromatic rings. The molecule has 0 fully saturated rings. The first-order chi connectivity index (χ1) is 17.2. The van der Waals surface area contributed by atoms with Crippen molar-refractivity contribution in [3.63, 3.8) is 0 Å². The van der Waals surface area contributed by atoms with E-state index in [1.165, 1.54) is 0 Å². The number of aliphatic hydroxyl groups excluding tert-OH is 1. The molecule has 4 rings (SSSR count). The molecule has 1 atom stereocenters. The molecule has 2 aliphatic rings. The van der Waals surface area contributed by atoms with Crippen LogP contribution in [0.3, 0.4) is 0 Å². The molecule has 0 bridgehead atoms. The van der Waals surface area contributed by atoms with Crippen LogP contribution in [0.2, 0.25) is 0 Å². The van der Waals surface area contributed by atoms with Crippen molar-refractivity contribution in [1.82, 2.24) is 14.8 Å². The van der Waals surface area contributed by atoms with E-state index < -0.39 is 12.0 Å². The summed E-state index contributed by atoms with van der Waals surface area (Å²) in [6.45, 7) is 10.2. The van der Waals surface area contributed by atoms with E-state index >= 15 is 0 Å². The number of carbonyl (C=O) groups excluding carboxylic acids is 1. The quantitative estimate of drug-likeness (QED) is 0.519. The average molecular weight is 495 g/mol. The number of fused-ring (bicyclic) bond motifs is 3. The van der Waals surface area contributed by atoms with Gasteiger partial charge in [0, 0.05) is 36.9 Å². The highest BCUT2D eigenvalue weighted by Gasteiger charge is 2.35. The van der Waals surface area contributed by atoms with Gasteiger partial charge in [0.2, 0.25) is 0 Å². The Morgan fingerprint density at radius 3 is 2.61 bits per heavy atom. The van der Waals surface area contributed by atoms with Gasteiger partial charge in [-0.1, -0.05) is 0 Å². The Kier molecular flexibility index (Phi) is 7.56. The Hall–Kier alpha value is -3.50. The second kappa shape index (κ2) is 10.6.